The van der Waals surface area contributed by atoms with Crippen molar-refractivity contribution in [1.29, 1.82) is 0 Å². The molecule has 122 valence electrons. The maximum Gasteiger partial charge on any atom is 0.229 e. The molecule has 2 aliphatic heterocycles. The summed E-state index contributed by atoms with van der Waals surface area (Å²) in [6.07, 6.45) is 8.79. The predicted molar refractivity (Wildman–Crippen MR) is 93.4 cm³/mol. The summed E-state index contributed by atoms with van der Waals surface area (Å²) in [5.41, 5.74) is 4.18. The summed E-state index contributed by atoms with van der Waals surface area (Å²) in [5.74, 6) is 2.17. The number of rotatable bonds is 2. The molecule has 5 nitrogen and oxygen atoms in total. The van der Waals surface area contributed by atoms with Crippen molar-refractivity contribution in [3.05, 3.63) is 11.3 Å². The Morgan fingerprint density at radius 2 is 1.48 bits per heavy atom. The predicted octanol–water partition coefficient (Wildman–Crippen LogP) is 2.66. The van der Waals surface area contributed by atoms with E-state index in [1.165, 1.54) is 67.4 Å². The van der Waals surface area contributed by atoms with Crippen molar-refractivity contribution in [2.45, 2.75) is 44.9 Å². The van der Waals surface area contributed by atoms with E-state index in [0.29, 0.717) is 0 Å². The molecule has 1 aliphatic carbocycles. The van der Waals surface area contributed by atoms with Crippen molar-refractivity contribution in [2.24, 2.45) is 7.05 Å². The molecule has 2 aromatic heterocycles. The first-order valence-electron chi connectivity index (χ1n) is 9.21. The summed E-state index contributed by atoms with van der Waals surface area (Å²) in [4.78, 5) is 15.0. The smallest absolute Gasteiger partial charge is 0.229 e. The second-order valence-corrected chi connectivity index (χ2v) is 7.27. The van der Waals surface area contributed by atoms with Gasteiger partial charge in [0.1, 0.15) is 11.5 Å². The Hall–Kier alpha value is -1.78. The number of hydrogen-bond donors (Lipinski definition) is 0. The lowest BCUT2D eigenvalue weighted by atomic mass is 10.2. The van der Waals surface area contributed by atoms with Gasteiger partial charge in [-0.3, -0.25) is 0 Å². The molecule has 5 rings (SSSR count). The van der Waals surface area contributed by atoms with Gasteiger partial charge in [-0.05, 0) is 50.5 Å². The van der Waals surface area contributed by atoms with Crippen LogP contribution in [0.25, 0.3) is 11.0 Å². The highest BCUT2D eigenvalue weighted by molar-refractivity contribution is 5.94. The fourth-order valence-electron chi connectivity index (χ4n) is 4.65. The average molecular weight is 311 g/mol. The summed E-state index contributed by atoms with van der Waals surface area (Å²) < 4.78 is 2.35. The van der Waals surface area contributed by atoms with Crippen molar-refractivity contribution >= 4 is 22.8 Å². The average Bonchev–Trinajstić information content (AvgIpc) is 3.36. The zero-order valence-electron chi connectivity index (χ0n) is 14.0. The molecule has 0 atom stereocenters. The number of anilines is 2. The molecule has 5 heteroatoms. The molecule has 0 saturated carbocycles. The first-order valence-corrected chi connectivity index (χ1v) is 9.21. The Labute approximate surface area is 137 Å². The molecule has 0 radical (unpaired) electrons. The van der Waals surface area contributed by atoms with Crippen LogP contribution in [0.15, 0.2) is 0 Å². The van der Waals surface area contributed by atoms with Crippen LogP contribution >= 0.6 is 0 Å². The Morgan fingerprint density at radius 1 is 0.783 bits per heavy atom. The molecule has 0 N–H and O–H groups in total. The van der Waals surface area contributed by atoms with Gasteiger partial charge in [0.2, 0.25) is 5.95 Å². The van der Waals surface area contributed by atoms with Crippen LogP contribution in [0.3, 0.4) is 0 Å². The van der Waals surface area contributed by atoms with Gasteiger partial charge >= 0.3 is 0 Å². The SMILES string of the molecule is Cn1c2c(c3c(N4CCCC4)nc(N4CCCC4)nc31)CCC2. The van der Waals surface area contributed by atoms with Crippen LogP contribution in [0.2, 0.25) is 0 Å². The van der Waals surface area contributed by atoms with Gasteiger partial charge in [0.15, 0.2) is 0 Å². The first kappa shape index (κ1) is 13.6. The van der Waals surface area contributed by atoms with Gasteiger partial charge in [0.05, 0.1) is 5.39 Å². The lowest BCUT2D eigenvalue weighted by molar-refractivity contribution is 0.815. The largest absolute Gasteiger partial charge is 0.356 e. The van der Waals surface area contributed by atoms with Gasteiger partial charge in [-0.25, -0.2) is 0 Å². The van der Waals surface area contributed by atoms with Crippen molar-refractivity contribution < 1.29 is 0 Å². The van der Waals surface area contributed by atoms with Crippen LogP contribution in [0.1, 0.15) is 43.4 Å². The van der Waals surface area contributed by atoms with E-state index >= 15 is 0 Å². The standard InChI is InChI=1S/C18H25N5/c1-21-14-8-6-7-13(14)15-16(21)19-18(23-11-4-5-12-23)20-17(15)22-9-2-3-10-22/h2-12H2,1H3. The lowest BCUT2D eigenvalue weighted by Gasteiger charge is -2.22. The van der Waals surface area contributed by atoms with Crippen molar-refractivity contribution in [1.82, 2.24) is 14.5 Å². The second kappa shape index (κ2) is 5.11. The van der Waals surface area contributed by atoms with Gasteiger partial charge < -0.3 is 14.4 Å². The molecular weight excluding hydrogens is 286 g/mol. The molecule has 0 unspecified atom stereocenters. The molecule has 2 saturated heterocycles. The third-order valence-electron chi connectivity index (χ3n) is 5.87. The fraction of sp³-hybridized carbons (Fsp3) is 0.667. The Bertz CT molecular complexity index is 751. The van der Waals surface area contributed by atoms with E-state index in [1.807, 2.05) is 0 Å². The molecule has 4 heterocycles. The van der Waals surface area contributed by atoms with Crippen LogP contribution in [0.4, 0.5) is 11.8 Å². The molecular formula is C18H25N5. The molecule has 23 heavy (non-hydrogen) atoms. The number of aryl methyl sites for hydroxylation is 2. The molecule has 2 fully saturated rings. The number of nitrogens with zero attached hydrogens (tertiary/aromatic N) is 5. The zero-order chi connectivity index (χ0) is 15.4. The number of aromatic nitrogens is 3. The summed E-state index contributed by atoms with van der Waals surface area (Å²) in [6, 6.07) is 0. The molecule has 2 aromatic rings. The van der Waals surface area contributed by atoms with Crippen LogP contribution < -0.4 is 9.80 Å². The monoisotopic (exact) mass is 311 g/mol. The molecule has 0 bridgehead atoms. The summed E-state index contributed by atoms with van der Waals surface area (Å²) in [7, 11) is 2.20. The van der Waals surface area contributed by atoms with Crippen LogP contribution in [0.5, 0.6) is 0 Å². The quantitative estimate of drug-likeness (QED) is 0.854. The third-order valence-corrected chi connectivity index (χ3v) is 5.87. The Morgan fingerprint density at radius 3 is 2.22 bits per heavy atom. The number of fused-ring (bicyclic) bond motifs is 3. The second-order valence-electron chi connectivity index (χ2n) is 7.27. The van der Waals surface area contributed by atoms with Gasteiger partial charge in [-0.15, -0.1) is 0 Å². The van der Waals surface area contributed by atoms with E-state index in [0.717, 1.165) is 37.8 Å². The van der Waals surface area contributed by atoms with E-state index in [-0.39, 0.29) is 0 Å². The number of hydrogen-bond acceptors (Lipinski definition) is 4. The molecule has 0 amide bonds. The van der Waals surface area contributed by atoms with E-state index in [9.17, 15) is 0 Å². The lowest BCUT2D eigenvalue weighted by Crippen LogP contribution is -2.24. The van der Waals surface area contributed by atoms with E-state index < -0.39 is 0 Å². The first-order chi connectivity index (χ1) is 11.3. The highest BCUT2D eigenvalue weighted by Gasteiger charge is 2.28. The molecule has 0 spiro atoms. The van der Waals surface area contributed by atoms with Crippen LogP contribution in [-0.4, -0.2) is 40.7 Å². The highest BCUT2D eigenvalue weighted by atomic mass is 15.3. The Kier molecular flexibility index (Phi) is 3.03. The minimum absolute atomic E-state index is 0.955. The van der Waals surface area contributed by atoms with Gasteiger partial charge in [-0.2, -0.15) is 9.97 Å². The van der Waals surface area contributed by atoms with Gasteiger partial charge in [-0.1, -0.05) is 0 Å². The minimum atomic E-state index is 0.955. The van der Waals surface area contributed by atoms with E-state index in [4.69, 9.17) is 9.97 Å². The van der Waals surface area contributed by atoms with E-state index in [1.54, 1.807) is 0 Å². The highest BCUT2D eigenvalue weighted by Crippen LogP contribution is 2.38. The molecule has 3 aliphatic rings. The summed E-state index contributed by atoms with van der Waals surface area (Å²) >= 11 is 0. The zero-order valence-corrected chi connectivity index (χ0v) is 14.0. The van der Waals surface area contributed by atoms with Gasteiger partial charge in [0.25, 0.3) is 0 Å². The topological polar surface area (TPSA) is 37.2 Å². The van der Waals surface area contributed by atoms with Gasteiger partial charge in [0, 0.05) is 38.9 Å². The van der Waals surface area contributed by atoms with Crippen LogP contribution in [-0.2, 0) is 19.9 Å². The Balaban J connectivity index is 1.74. The third kappa shape index (κ3) is 1.98. The normalized spacial score (nSPS) is 20.9. The van der Waals surface area contributed by atoms with Crippen molar-refractivity contribution in [3.63, 3.8) is 0 Å². The maximum atomic E-state index is 5.08. The summed E-state index contributed by atoms with van der Waals surface area (Å²) in [5, 5.41) is 1.35. The van der Waals surface area contributed by atoms with E-state index in [2.05, 4.69) is 21.4 Å². The van der Waals surface area contributed by atoms with Crippen molar-refractivity contribution in [3.8, 4) is 0 Å². The van der Waals surface area contributed by atoms with Crippen molar-refractivity contribution in [2.75, 3.05) is 36.0 Å². The summed E-state index contributed by atoms with van der Waals surface area (Å²) in [6.45, 7) is 4.51. The molecule has 0 aromatic carbocycles. The fourth-order valence-corrected chi connectivity index (χ4v) is 4.65. The minimum Gasteiger partial charge on any atom is -0.356 e. The van der Waals surface area contributed by atoms with Crippen LogP contribution in [0, 0.1) is 0 Å². The maximum absolute atomic E-state index is 5.08.